The third-order valence-corrected chi connectivity index (χ3v) is 4.41. The van der Waals surface area contributed by atoms with E-state index < -0.39 is 11.4 Å². The number of rotatable bonds is 3. The quantitative estimate of drug-likeness (QED) is 0.929. The lowest BCUT2D eigenvalue weighted by molar-refractivity contribution is -0.148. The topological polar surface area (TPSA) is 40.5 Å². The molecule has 98 valence electrons. The Labute approximate surface area is 116 Å². The van der Waals surface area contributed by atoms with E-state index in [1.807, 2.05) is 19.9 Å². The van der Waals surface area contributed by atoms with E-state index in [2.05, 4.69) is 39.9 Å². The third kappa shape index (κ3) is 2.03. The molecule has 0 spiro atoms. The summed E-state index contributed by atoms with van der Waals surface area (Å²) in [5.41, 5.74) is 1.55. The molecule has 0 fully saturated rings. The van der Waals surface area contributed by atoms with Crippen LogP contribution in [0.4, 0.5) is 5.69 Å². The number of fused-ring (bicyclic) bond motifs is 1. The summed E-state index contributed by atoms with van der Waals surface area (Å²) in [4.78, 5) is 13.7. The molecule has 1 aliphatic heterocycles. The van der Waals surface area contributed by atoms with E-state index in [-0.39, 0.29) is 5.92 Å². The number of aliphatic carboxylic acids is 1. The van der Waals surface area contributed by atoms with Gasteiger partial charge in [0.15, 0.2) is 0 Å². The highest BCUT2D eigenvalue weighted by atomic mass is 79.9. The highest BCUT2D eigenvalue weighted by molar-refractivity contribution is 9.10. The molecule has 18 heavy (non-hydrogen) atoms. The molecule has 0 amide bonds. The molecule has 0 saturated heterocycles. The molecule has 4 heteroatoms. The summed E-state index contributed by atoms with van der Waals surface area (Å²) in [5.74, 6) is -0.709. The number of nitrogens with zero attached hydrogens (tertiary/aromatic N) is 1. The molecule has 0 aromatic heterocycles. The van der Waals surface area contributed by atoms with E-state index >= 15 is 0 Å². The van der Waals surface area contributed by atoms with Crippen LogP contribution in [-0.2, 0) is 4.79 Å². The van der Waals surface area contributed by atoms with Gasteiger partial charge in [0.25, 0.3) is 0 Å². The van der Waals surface area contributed by atoms with Crippen molar-refractivity contribution in [3.8, 4) is 0 Å². The summed E-state index contributed by atoms with van der Waals surface area (Å²) in [5, 5.41) is 9.43. The molecule has 1 unspecified atom stereocenters. The van der Waals surface area contributed by atoms with Gasteiger partial charge >= 0.3 is 5.97 Å². The highest BCUT2D eigenvalue weighted by Gasteiger charge is 2.43. The Morgan fingerprint density at radius 2 is 2.22 bits per heavy atom. The molecule has 0 aliphatic carbocycles. The minimum atomic E-state index is -0.751. The van der Waals surface area contributed by atoms with Gasteiger partial charge in [0.05, 0.1) is 5.41 Å². The Morgan fingerprint density at radius 3 is 2.78 bits per heavy atom. The average Bonchev–Trinajstić information content (AvgIpc) is 2.67. The normalized spacial score (nSPS) is 18.9. The van der Waals surface area contributed by atoms with Crippen LogP contribution < -0.4 is 4.90 Å². The van der Waals surface area contributed by atoms with Gasteiger partial charge in [-0.15, -0.1) is 0 Å². The maximum absolute atomic E-state index is 11.5. The Bertz CT molecular complexity index is 485. The summed E-state index contributed by atoms with van der Waals surface area (Å²) in [7, 11) is 0. The molecule has 0 saturated carbocycles. The van der Waals surface area contributed by atoms with Gasteiger partial charge in [-0.3, -0.25) is 4.79 Å². The third-order valence-electron chi connectivity index (χ3n) is 3.91. The molecule has 1 atom stereocenters. The lowest BCUT2D eigenvalue weighted by Crippen LogP contribution is -2.34. The van der Waals surface area contributed by atoms with Crippen molar-refractivity contribution in [2.75, 3.05) is 18.0 Å². The summed E-state index contributed by atoms with van der Waals surface area (Å²) >= 11 is 3.47. The van der Waals surface area contributed by atoms with Gasteiger partial charge in [0, 0.05) is 29.2 Å². The number of halogens is 1. The Hall–Kier alpha value is -1.03. The lowest BCUT2D eigenvalue weighted by atomic mass is 9.76. The first-order valence-electron chi connectivity index (χ1n) is 6.15. The summed E-state index contributed by atoms with van der Waals surface area (Å²) < 4.78 is 1.00. The number of hydrogen-bond acceptors (Lipinski definition) is 2. The van der Waals surface area contributed by atoms with Crippen molar-refractivity contribution in [1.29, 1.82) is 0 Å². The number of carbonyl (C=O) groups is 1. The molecule has 0 radical (unpaired) electrons. The smallest absolute Gasteiger partial charge is 0.309 e. The van der Waals surface area contributed by atoms with E-state index in [1.54, 1.807) is 0 Å². The van der Waals surface area contributed by atoms with Gasteiger partial charge < -0.3 is 10.0 Å². The van der Waals surface area contributed by atoms with Crippen LogP contribution in [0.1, 0.15) is 32.3 Å². The van der Waals surface area contributed by atoms with Crippen molar-refractivity contribution in [2.45, 2.75) is 26.7 Å². The first kappa shape index (κ1) is 13.4. The number of carboxylic acids is 1. The number of likely N-dealkylation sites (N-methyl/N-ethyl adjacent to an activating group) is 1. The van der Waals surface area contributed by atoms with Gasteiger partial charge in [-0.1, -0.05) is 15.9 Å². The molecule has 1 heterocycles. The van der Waals surface area contributed by atoms with Crippen LogP contribution in [0, 0.1) is 5.41 Å². The minimum absolute atomic E-state index is 0.0300. The predicted octanol–water partition coefficient (Wildman–Crippen LogP) is 3.48. The molecule has 1 aromatic rings. The Kier molecular flexibility index (Phi) is 3.41. The number of carboxylic acid groups (broad SMARTS) is 1. The number of benzene rings is 1. The van der Waals surface area contributed by atoms with Crippen LogP contribution in [0.15, 0.2) is 22.7 Å². The molecule has 1 aromatic carbocycles. The van der Waals surface area contributed by atoms with Gasteiger partial charge in [-0.2, -0.15) is 0 Å². The standard InChI is InChI=1S/C14H18BrNO2/c1-4-16-8-11(14(2,3)13(17)18)10-7-9(15)5-6-12(10)16/h5-7,11H,4,8H2,1-3H3,(H,17,18). The maximum atomic E-state index is 11.5. The van der Waals surface area contributed by atoms with E-state index in [1.165, 1.54) is 5.69 Å². The molecular formula is C14H18BrNO2. The second-order valence-corrected chi connectivity index (χ2v) is 6.24. The Balaban J connectivity index is 2.49. The monoisotopic (exact) mass is 311 g/mol. The van der Waals surface area contributed by atoms with Crippen molar-refractivity contribution in [1.82, 2.24) is 0 Å². The first-order chi connectivity index (χ1) is 8.37. The van der Waals surface area contributed by atoms with Crippen LogP contribution in [0.2, 0.25) is 0 Å². The average molecular weight is 312 g/mol. The molecule has 1 N–H and O–H groups in total. The molecule has 3 nitrogen and oxygen atoms in total. The van der Waals surface area contributed by atoms with Gasteiger partial charge in [-0.05, 0) is 44.5 Å². The van der Waals surface area contributed by atoms with Crippen molar-refractivity contribution in [3.05, 3.63) is 28.2 Å². The largest absolute Gasteiger partial charge is 0.481 e. The van der Waals surface area contributed by atoms with Gasteiger partial charge in [-0.25, -0.2) is 0 Å². The van der Waals surface area contributed by atoms with Crippen LogP contribution >= 0.6 is 15.9 Å². The van der Waals surface area contributed by atoms with Crippen LogP contribution in [0.25, 0.3) is 0 Å². The SMILES string of the molecule is CCN1CC(C(C)(C)C(=O)O)c2cc(Br)ccc21. The molecule has 2 rings (SSSR count). The molecule has 1 aliphatic rings. The van der Waals surface area contributed by atoms with E-state index in [9.17, 15) is 9.90 Å². The van der Waals surface area contributed by atoms with Crippen LogP contribution in [0.3, 0.4) is 0 Å². The second-order valence-electron chi connectivity index (χ2n) is 5.32. The van der Waals surface area contributed by atoms with Crippen LogP contribution in [-0.4, -0.2) is 24.2 Å². The fourth-order valence-corrected chi connectivity index (χ4v) is 2.95. The first-order valence-corrected chi connectivity index (χ1v) is 6.95. The summed E-state index contributed by atoms with van der Waals surface area (Å²) in [6.07, 6.45) is 0. The molecular weight excluding hydrogens is 294 g/mol. The number of hydrogen-bond donors (Lipinski definition) is 1. The van der Waals surface area contributed by atoms with Crippen molar-refractivity contribution >= 4 is 27.6 Å². The number of anilines is 1. The van der Waals surface area contributed by atoms with Crippen molar-refractivity contribution in [2.24, 2.45) is 5.41 Å². The highest BCUT2D eigenvalue weighted by Crippen LogP contribution is 2.46. The van der Waals surface area contributed by atoms with Crippen molar-refractivity contribution < 1.29 is 9.90 Å². The van der Waals surface area contributed by atoms with E-state index in [4.69, 9.17) is 0 Å². The zero-order chi connectivity index (χ0) is 13.5. The summed E-state index contributed by atoms with van der Waals surface area (Å²) in [6.45, 7) is 7.40. The fourth-order valence-electron chi connectivity index (χ4n) is 2.58. The van der Waals surface area contributed by atoms with E-state index in [0.29, 0.717) is 0 Å². The van der Waals surface area contributed by atoms with Crippen LogP contribution in [0.5, 0.6) is 0 Å². The predicted molar refractivity (Wildman–Crippen MR) is 76.2 cm³/mol. The summed E-state index contributed by atoms with van der Waals surface area (Å²) in [6, 6.07) is 6.14. The van der Waals surface area contributed by atoms with E-state index in [0.717, 1.165) is 23.1 Å². The fraction of sp³-hybridized carbons (Fsp3) is 0.500. The second kappa shape index (κ2) is 4.57. The minimum Gasteiger partial charge on any atom is -0.481 e. The zero-order valence-electron chi connectivity index (χ0n) is 10.9. The van der Waals surface area contributed by atoms with Gasteiger partial charge in [0.1, 0.15) is 0 Å². The van der Waals surface area contributed by atoms with Gasteiger partial charge in [0.2, 0.25) is 0 Å². The molecule has 0 bridgehead atoms. The van der Waals surface area contributed by atoms with Crippen molar-refractivity contribution in [3.63, 3.8) is 0 Å². The Morgan fingerprint density at radius 1 is 1.56 bits per heavy atom. The lowest BCUT2D eigenvalue weighted by Gasteiger charge is -2.27. The zero-order valence-corrected chi connectivity index (χ0v) is 12.5. The maximum Gasteiger partial charge on any atom is 0.309 e.